The third-order valence-electron chi connectivity index (χ3n) is 4.16. The first-order valence-corrected chi connectivity index (χ1v) is 8.52. The van der Waals surface area contributed by atoms with Gasteiger partial charge in [-0.25, -0.2) is 28.1 Å². The van der Waals surface area contributed by atoms with Crippen LogP contribution in [0.1, 0.15) is 11.5 Å². The fraction of sp³-hybridized carbons (Fsp3) is 0.211. The Labute approximate surface area is 159 Å². The Morgan fingerprint density at radius 1 is 0.964 bits per heavy atom. The van der Waals surface area contributed by atoms with E-state index in [-0.39, 0.29) is 25.5 Å². The van der Waals surface area contributed by atoms with E-state index in [4.69, 9.17) is 4.52 Å². The van der Waals surface area contributed by atoms with Crippen LogP contribution >= 0.6 is 0 Å². The van der Waals surface area contributed by atoms with Gasteiger partial charge in [0.15, 0.2) is 0 Å². The maximum Gasteiger partial charge on any atom is 0.337 e. The molecule has 0 unspecified atom stereocenters. The number of aryl methyl sites for hydroxylation is 1. The van der Waals surface area contributed by atoms with Crippen molar-refractivity contribution < 1.29 is 4.52 Å². The van der Waals surface area contributed by atoms with Gasteiger partial charge in [-0.2, -0.15) is 4.98 Å². The second kappa shape index (κ2) is 7.87. The van der Waals surface area contributed by atoms with Gasteiger partial charge in [-0.15, -0.1) is 13.2 Å². The summed E-state index contributed by atoms with van der Waals surface area (Å²) in [5, 5.41) is 3.93. The number of allylic oxidation sites excluding steroid dienone is 2. The summed E-state index contributed by atoms with van der Waals surface area (Å²) in [7, 11) is 0. The van der Waals surface area contributed by atoms with Crippen LogP contribution in [-0.2, 0) is 19.6 Å². The van der Waals surface area contributed by atoms with E-state index in [0.29, 0.717) is 5.82 Å². The molecule has 0 fully saturated rings. The van der Waals surface area contributed by atoms with Crippen LogP contribution in [0, 0.1) is 6.92 Å². The summed E-state index contributed by atoms with van der Waals surface area (Å²) in [5.74, 6) is 0.429. The molecule has 9 heteroatoms. The van der Waals surface area contributed by atoms with Crippen molar-refractivity contribution in [1.82, 2.24) is 23.8 Å². The molecule has 3 aromatic rings. The minimum atomic E-state index is -0.772. The molecule has 1 aromatic carbocycles. The van der Waals surface area contributed by atoms with Gasteiger partial charge in [0.05, 0.1) is 13.1 Å². The number of hydrogen-bond donors (Lipinski definition) is 0. The van der Waals surface area contributed by atoms with E-state index in [1.165, 1.54) is 12.2 Å². The van der Waals surface area contributed by atoms with Crippen LogP contribution in [0.25, 0.3) is 11.4 Å². The maximum absolute atomic E-state index is 12.6. The lowest BCUT2D eigenvalue weighted by molar-refractivity contribution is 0.360. The quantitative estimate of drug-likeness (QED) is 0.564. The molecular formula is C19H19N5O4. The summed E-state index contributed by atoms with van der Waals surface area (Å²) >= 11 is 0. The van der Waals surface area contributed by atoms with Gasteiger partial charge in [0.25, 0.3) is 0 Å². The third-order valence-corrected chi connectivity index (χ3v) is 4.16. The molecule has 9 nitrogen and oxygen atoms in total. The average molecular weight is 381 g/mol. The Morgan fingerprint density at radius 3 is 2.11 bits per heavy atom. The molecule has 0 aliphatic carbocycles. The molecule has 0 radical (unpaired) electrons. The lowest BCUT2D eigenvalue weighted by atomic mass is 10.1. The maximum atomic E-state index is 12.6. The lowest BCUT2D eigenvalue weighted by Gasteiger charge is -2.10. The fourth-order valence-corrected chi connectivity index (χ4v) is 2.78. The van der Waals surface area contributed by atoms with E-state index in [1.807, 2.05) is 31.2 Å². The zero-order valence-corrected chi connectivity index (χ0v) is 15.4. The fourth-order valence-electron chi connectivity index (χ4n) is 2.78. The molecule has 0 aliphatic rings. The van der Waals surface area contributed by atoms with Crippen LogP contribution in [-0.4, -0.2) is 23.8 Å². The van der Waals surface area contributed by atoms with Crippen LogP contribution in [0.4, 0.5) is 0 Å². The van der Waals surface area contributed by atoms with Crippen molar-refractivity contribution in [3.05, 3.63) is 92.5 Å². The molecule has 2 heterocycles. The average Bonchev–Trinajstić information content (AvgIpc) is 3.14. The van der Waals surface area contributed by atoms with Gasteiger partial charge >= 0.3 is 17.1 Å². The number of hydrogen-bond acceptors (Lipinski definition) is 6. The predicted molar refractivity (Wildman–Crippen MR) is 103 cm³/mol. The monoisotopic (exact) mass is 381 g/mol. The van der Waals surface area contributed by atoms with Crippen LogP contribution in [0.5, 0.6) is 0 Å². The molecular weight excluding hydrogens is 362 g/mol. The molecule has 0 saturated heterocycles. The molecule has 28 heavy (non-hydrogen) atoms. The zero-order chi connectivity index (χ0) is 20.3. The van der Waals surface area contributed by atoms with Gasteiger partial charge in [0, 0.05) is 5.56 Å². The number of benzene rings is 1. The van der Waals surface area contributed by atoms with Gasteiger partial charge in [-0.3, -0.25) is 0 Å². The van der Waals surface area contributed by atoms with Crippen molar-refractivity contribution in [3.63, 3.8) is 0 Å². The Hall–Kier alpha value is -3.75. The van der Waals surface area contributed by atoms with Crippen molar-refractivity contribution in [2.45, 2.75) is 26.6 Å². The Balaban J connectivity index is 2.08. The third kappa shape index (κ3) is 3.41. The first-order valence-electron chi connectivity index (χ1n) is 8.52. The first kappa shape index (κ1) is 19.0. The number of rotatable bonds is 7. The molecule has 0 saturated carbocycles. The number of aromatic nitrogens is 5. The van der Waals surface area contributed by atoms with E-state index in [9.17, 15) is 14.4 Å². The molecule has 0 bridgehead atoms. The summed E-state index contributed by atoms with van der Waals surface area (Å²) in [5.41, 5.74) is -0.528. The highest BCUT2D eigenvalue weighted by molar-refractivity contribution is 5.58. The first-order chi connectivity index (χ1) is 13.5. The standard InChI is InChI=1S/C19H19N5O4/c1-4-10-22-17(25)23(11-5-2)19(27)24(18(22)26)12-15-20-16(21-28-15)14-9-7-6-8-13(14)3/h4-9H,1-2,10-12H2,3H3. The van der Waals surface area contributed by atoms with Crippen molar-refractivity contribution in [2.24, 2.45) is 0 Å². The highest BCUT2D eigenvalue weighted by atomic mass is 16.5. The van der Waals surface area contributed by atoms with Gasteiger partial charge in [-0.05, 0) is 12.5 Å². The van der Waals surface area contributed by atoms with Gasteiger partial charge in [0.1, 0.15) is 6.54 Å². The SMILES string of the molecule is C=CCn1c(=O)n(CC=C)c(=O)n(Cc2nc(-c3ccccc3C)no2)c1=O. The summed E-state index contributed by atoms with van der Waals surface area (Å²) in [6.07, 6.45) is 2.80. The highest BCUT2D eigenvalue weighted by Gasteiger charge is 2.17. The van der Waals surface area contributed by atoms with Crippen molar-refractivity contribution >= 4 is 0 Å². The summed E-state index contributed by atoms with van der Waals surface area (Å²) in [4.78, 5) is 41.9. The van der Waals surface area contributed by atoms with Crippen LogP contribution in [0.3, 0.4) is 0 Å². The smallest absolute Gasteiger partial charge is 0.337 e. The topological polar surface area (TPSA) is 105 Å². The summed E-state index contributed by atoms with van der Waals surface area (Å²) in [6.45, 7) is 8.66. The van der Waals surface area contributed by atoms with Crippen molar-refractivity contribution in [2.75, 3.05) is 0 Å². The van der Waals surface area contributed by atoms with Gasteiger partial charge < -0.3 is 4.52 Å². The lowest BCUT2D eigenvalue weighted by Crippen LogP contribution is -2.54. The predicted octanol–water partition coefficient (Wildman–Crippen LogP) is 0.950. The molecule has 3 rings (SSSR count). The molecule has 0 spiro atoms. The minimum Gasteiger partial charge on any atom is -0.337 e. The van der Waals surface area contributed by atoms with Gasteiger partial charge in [0.2, 0.25) is 11.7 Å². The van der Waals surface area contributed by atoms with E-state index in [1.54, 1.807) is 0 Å². The molecule has 2 aromatic heterocycles. The number of nitrogens with zero attached hydrogens (tertiary/aromatic N) is 5. The van der Waals surface area contributed by atoms with Crippen molar-refractivity contribution in [1.29, 1.82) is 0 Å². The normalized spacial score (nSPS) is 10.8. The van der Waals surface area contributed by atoms with Crippen LogP contribution in [0.15, 0.2) is 68.5 Å². The van der Waals surface area contributed by atoms with Crippen molar-refractivity contribution in [3.8, 4) is 11.4 Å². The molecule has 0 amide bonds. The van der Waals surface area contributed by atoms with E-state index < -0.39 is 17.1 Å². The molecule has 0 aliphatic heterocycles. The molecule has 0 atom stereocenters. The minimum absolute atomic E-state index is 0.0343. The molecule has 144 valence electrons. The van der Waals surface area contributed by atoms with Crippen LogP contribution in [0.2, 0.25) is 0 Å². The van der Waals surface area contributed by atoms with Crippen LogP contribution < -0.4 is 17.1 Å². The second-order valence-corrected chi connectivity index (χ2v) is 6.06. The summed E-state index contributed by atoms with van der Waals surface area (Å²) in [6, 6.07) is 7.50. The molecule has 0 N–H and O–H groups in total. The Morgan fingerprint density at radius 2 is 1.54 bits per heavy atom. The second-order valence-electron chi connectivity index (χ2n) is 6.06. The Kier molecular flexibility index (Phi) is 5.35. The zero-order valence-electron chi connectivity index (χ0n) is 15.4. The largest absolute Gasteiger partial charge is 0.337 e. The summed E-state index contributed by atoms with van der Waals surface area (Å²) < 4.78 is 7.93. The van der Waals surface area contributed by atoms with E-state index >= 15 is 0 Å². The van der Waals surface area contributed by atoms with Gasteiger partial charge in [-0.1, -0.05) is 41.6 Å². The van der Waals surface area contributed by atoms with E-state index in [2.05, 4.69) is 23.3 Å². The highest BCUT2D eigenvalue weighted by Crippen LogP contribution is 2.19. The Bertz CT molecular complexity index is 1160. The van der Waals surface area contributed by atoms with E-state index in [0.717, 1.165) is 24.8 Å².